The van der Waals surface area contributed by atoms with E-state index in [1.807, 2.05) is 63.2 Å². The summed E-state index contributed by atoms with van der Waals surface area (Å²) in [5.41, 5.74) is 3.83. The van der Waals surface area contributed by atoms with Crippen LogP contribution in [0, 0.1) is 12.7 Å². The summed E-state index contributed by atoms with van der Waals surface area (Å²) in [4.78, 5) is 18.4. The number of rotatable bonds is 9. The molecular formula is C23H33FIN5O. The van der Waals surface area contributed by atoms with E-state index in [-0.39, 0.29) is 35.7 Å². The number of nitrogens with one attached hydrogen (secondary N) is 3. The van der Waals surface area contributed by atoms with E-state index in [0.717, 1.165) is 41.3 Å². The van der Waals surface area contributed by atoms with Gasteiger partial charge < -0.3 is 20.9 Å². The molecule has 0 bridgehead atoms. The second-order valence-corrected chi connectivity index (χ2v) is 7.43. The first-order valence-electron chi connectivity index (χ1n) is 10.2. The number of aliphatic imine (C=N–C) groups is 1. The third-order valence-electron chi connectivity index (χ3n) is 4.43. The predicted octanol–water partition coefficient (Wildman–Crippen LogP) is 3.55. The highest BCUT2D eigenvalue weighted by atomic mass is 127. The Labute approximate surface area is 201 Å². The lowest BCUT2D eigenvalue weighted by atomic mass is 10.1. The Morgan fingerprint density at radius 1 is 1.13 bits per heavy atom. The number of anilines is 1. The summed E-state index contributed by atoms with van der Waals surface area (Å²) >= 11 is 0. The molecule has 0 fully saturated rings. The largest absolute Gasteiger partial charge is 0.357 e. The summed E-state index contributed by atoms with van der Waals surface area (Å²) in [7, 11) is 3.72. The second kappa shape index (κ2) is 14.0. The maximum Gasteiger partial charge on any atom is 0.238 e. The first-order valence-corrected chi connectivity index (χ1v) is 10.2. The van der Waals surface area contributed by atoms with Gasteiger partial charge >= 0.3 is 0 Å². The number of benzene rings is 2. The SMILES string of the molecule is CCNC(=NCc1cccc(NC(=O)CN(C)C)c1)NCCc1ccc(F)cc1C.I. The van der Waals surface area contributed by atoms with Crippen LogP contribution >= 0.6 is 24.0 Å². The van der Waals surface area contributed by atoms with E-state index in [0.29, 0.717) is 19.6 Å². The van der Waals surface area contributed by atoms with Crippen LogP contribution in [0.25, 0.3) is 0 Å². The van der Waals surface area contributed by atoms with Gasteiger partial charge in [0.25, 0.3) is 0 Å². The second-order valence-electron chi connectivity index (χ2n) is 7.43. The number of likely N-dealkylation sites (N-methyl/N-ethyl adjacent to an activating group) is 1. The first kappa shape index (κ1) is 26.8. The highest BCUT2D eigenvalue weighted by Crippen LogP contribution is 2.12. The molecule has 0 atom stereocenters. The maximum atomic E-state index is 13.2. The van der Waals surface area contributed by atoms with Crippen LogP contribution in [0.15, 0.2) is 47.5 Å². The van der Waals surface area contributed by atoms with E-state index < -0.39 is 0 Å². The van der Waals surface area contributed by atoms with Crippen molar-refractivity contribution in [2.45, 2.75) is 26.8 Å². The van der Waals surface area contributed by atoms with E-state index in [2.05, 4.69) is 20.9 Å². The number of nitrogens with zero attached hydrogens (tertiary/aromatic N) is 2. The Kier molecular flexibility index (Phi) is 12.1. The smallest absolute Gasteiger partial charge is 0.238 e. The minimum absolute atomic E-state index is 0. The molecule has 6 nitrogen and oxygen atoms in total. The molecule has 0 radical (unpaired) electrons. The zero-order valence-corrected chi connectivity index (χ0v) is 21.0. The molecule has 170 valence electrons. The van der Waals surface area contributed by atoms with Crippen LogP contribution in [0.5, 0.6) is 0 Å². The molecule has 2 aromatic rings. The van der Waals surface area contributed by atoms with Crippen molar-refractivity contribution >= 4 is 41.5 Å². The van der Waals surface area contributed by atoms with Crippen LogP contribution in [0.2, 0.25) is 0 Å². The highest BCUT2D eigenvalue weighted by Gasteiger charge is 2.05. The van der Waals surface area contributed by atoms with Crippen molar-refractivity contribution < 1.29 is 9.18 Å². The number of aryl methyl sites for hydroxylation is 1. The molecule has 3 N–H and O–H groups in total. The van der Waals surface area contributed by atoms with Crippen molar-refractivity contribution in [2.75, 3.05) is 39.0 Å². The number of hydrogen-bond donors (Lipinski definition) is 3. The van der Waals surface area contributed by atoms with Crippen LogP contribution in [-0.4, -0.2) is 50.5 Å². The molecule has 0 aromatic heterocycles. The molecule has 0 aliphatic carbocycles. The minimum Gasteiger partial charge on any atom is -0.357 e. The van der Waals surface area contributed by atoms with Crippen molar-refractivity contribution in [3.8, 4) is 0 Å². The number of amides is 1. The van der Waals surface area contributed by atoms with Crippen LogP contribution in [0.1, 0.15) is 23.6 Å². The van der Waals surface area contributed by atoms with Crippen molar-refractivity contribution in [2.24, 2.45) is 4.99 Å². The monoisotopic (exact) mass is 541 g/mol. The first-order chi connectivity index (χ1) is 14.4. The van der Waals surface area contributed by atoms with Crippen molar-refractivity contribution in [3.05, 3.63) is 65.0 Å². The summed E-state index contributed by atoms with van der Waals surface area (Å²) in [5, 5.41) is 9.46. The Hall–Kier alpha value is -2.20. The predicted molar refractivity (Wildman–Crippen MR) is 137 cm³/mol. The van der Waals surface area contributed by atoms with Gasteiger partial charge in [-0.15, -0.1) is 24.0 Å². The molecule has 1 amide bonds. The lowest BCUT2D eigenvalue weighted by Gasteiger charge is -2.13. The molecule has 0 saturated heterocycles. The molecule has 0 saturated carbocycles. The fourth-order valence-corrected chi connectivity index (χ4v) is 3.00. The Morgan fingerprint density at radius 2 is 1.90 bits per heavy atom. The average Bonchev–Trinajstić information content (AvgIpc) is 2.67. The molecule has 0 spiro atoms. The van der Waals surface area contributed by atoms with E-state index in [1.54, 1.807) is 6.07 Å². The molecule has 0 aliphatic rings. The van der Waals surface area contributed by atoms with Crippen LogP contribution in [-0.2, 0) is 17.8 Å². The van der Waals surface area contributed by atoms with Crippen molar-refractivity contribution in [1.82, 2.24) is 15.5 Å². The highest BCUT2D eigenvalue weighted by molar-refractivity contribution is 14.0. The average molecular weight is 541 g/mol. The van der Waals surface area contributed by atoms with Crippen LogP contribution < -0.4 is 16.0 Å². The lowest BCUT2D eigenvalue weighted by molar-refractivity contribution is -0.116. The van der Waals surface area contributed by atoms with Gasteiger partial charge in [0.2, 0.25) is 5.91 Å². The summed E-state index contributed by atoms with van der Waals surface area (Å²) in [6.45, 7) is 6.21. The number of hydrogen-bond acceptors (Lipinski definition) is 3. The summed E-state index contributed by atoms with van der Waals surface area (Å²) < 4.78 is 13.2. The zero-order valence-electron chi connectivity index (χ0n) is 18.7. The van der Waals surface area contributed by atoms with Crippen molar-refractivity contribution in [1.29, 1.82) is 0 Å². The van der Waals surface area contributed by atoms with Crippen LogP contribution in [0.4, 0.5) is 10.1 Å². The number of halogens is 2. The van der Waals surface area contributed by atoms with E-state index in [9.17, 15) is 9.18 Å². The fourth-order valence-electron chi connectivity index (χ4n) is 3.00. The zero-order chi connectivity index (χ0) is 21.9. The Morgan fingerprint density at radius 3 is 2.58 bits per heavy atom. The van der Waals surface area contributed by atoms with E-state index in [1.165, 1.54) is 6.07 Å². The fraction of sp³-hybridized carbons (Fsp3) is 0.391. The molecule has 31 heavy (non-hydrogen) atoms. The molecule has 8 heteroatoms. The summed E-state index contributed by atoms with van der Waals surface area (Å²) in [6, 6.07) is 12.6. The number of carbonyl (C=O) groups is 1. The minimum atomic E-state index is -0.209. The number of carbonyl (C=O) groups excluding carboxylic acids is 1. The third kappa shape index (κ3) is 10.1. The lowest BCUT2D eigenvalue weighted by Crippen LogP contribution is -2.38. The molecule has 0 aliphatic heterocycles. The molecule has 0 unspecified atom stereocenters. The van der Waals surface area contributed by atoms with Gasteiger partial charge in [0.15, 0.2) is 5.96 Å². The molecule has 0 heterocycles. The molecule has 2 aromatic carbocycles. The summed E-state index contributed by atoms with van der Waals surface area (Å²) in [6.07, 6.45) is 0.782. The van der Waals surface area contributed by atoms with Gasteiger partial charge in [-0.2, -0.15) is 0 Å². The van der Waals surface area contributed by atoms with Crippen molar-refractivity contribution in [3.63, 3.8) is 0 Å². The third-order valence-corrected chi connectivity index (χ3v) is 4.43. The van der Waals surface area contributed by atoms with Gasteiger partial charge in [-0.25, -0.2) is 9.38 Å². The normalized spacial score (nSPS) is 11.1. The van der Waals surface area contributed by atoms with E-state index in [4.69, 9.17) is 0 Å². The van der Waals surface area contributed by atoms with Gasteiger partial charge in [-0.1, -0.05) is 18.2 Å². The quantitative estimate of drug-likeness (QED) is 0.258. The van der Waals surface area contributed by atoms with Gasteiger partial charge in [0.05, 0.1) is 13.1 Å². The number of guanidine groups is 1. The summed E-state index contributed by atoms with van der Waals surface area (Å²) in [5.74, 6) is 0.463. The van der Waals surface area contributed by atoms with Gasteiger partial charge in [-0.05, 0) is 75.3 Å². The van der Waals surface area contributed by atoms with Gasteiger partial charge in [0, 0.05) is 18.8 Å². The Balaban J connectivity index is 0.00000480. The standard InChI is InChI=1S/C23H32FN5O.HI/c1-5-25-23(26-12-11-19-9-10-20(24)13-17(19)2)27-15-18-7-6-8-21(14-18)28-22(30)16-29(3)4;/h6-10,13-14H,5,11-12,15-16H2,1-4H3,(H,28,30)(H2,25,26,27);1H. The Bertz CT molecular complexity index is 873. The molecule has 2 rings (SSSR count). The van der Waals surface area contributed by atoms with Crippen LogP contribution in [0.3, 0.4) is 0 Å². The topological polar surface area (TPSA) is 68.8 Å². The van der Waals surface area contributed by atoms with Gasteiger partial charge in [-0.3, -0.25) is 4.79 Å². The maximum absolute atomic E-state index is 13.2. The van der Waals surface area contributed by atoms with Gasteiger partial charge in [0.1, 0.15) is 5.82 Å². The molecular weight excluding hydrogens is 508 g/mol. The van der Waals surface area contributed by atoms with E-state index >= 15 is 0 Å².